The second-order valence-electron chi connectivity index (χ2n) is 7.76. The Kier molecular flexibility index (Phi) is 5.26. The third-order valence-electron chi connectivity index (χ3n) is 5.85. The maximum atomic E-state index is 13.7. The van der Waals surface area contributed by atoms with Gasteiger partial charge in [-0.25, -0.2) is 8.42 Å². The molecule has 3 aliphatic heterocycles. The first-order valence-corrected chi connectivity index (χ1v) is 12.5. The first-order valence-electron chi connectivity index (χ1n) is 9.57. The zero-order valence-corrected chi connectivity index (χ0v) is 17.2. The zero-order valence-electron chi connectivity index (χ0n) is 15.5. The van der Waals surface area contributed by atoms with Crippen LogP contribution in [0.5, 0.6) is 0 Å². The van der Waals surface area contributed by atoms with E-state index in [2.05, 4.69) is 0 Å². The van der Waals surface area contributed by atoms with Crippen molar-refractivity contribution in [1.29, 1.82) is 0 Å². The standard InChI is InChI=1S/C19H26N2O4S2/c1-27(23,24)17-7-5-15(6-8-17)21(22)11-10-14-4-9-18(20-19(14)21)25-13-16-3-2-12-26-16/h5-8,14,16,19H,2-4,9-13H2,1H3. The first kappa shape index (κ1) is 19.2. The number of thioether (sulfide) groups is 1. The third kappa shape index (κ3) is 3.90. The minimum absolute atomic E-state index is 0.235. The summed E-state index contributed by atoms with van der Waals surface area (Å²) in [4.78, 5) is 4.97. The monoisotopic (exact) mass is 410 g/mol. The number of hydrogen-bond acceptors (Lipinski definition) is 6. The summed E-state index contributed by atoms with van der Waals surface area (Å²) in [6.45, 7) is 1.16. The summed E-state index contributed by atoms with van der Waals surface area (Å²) in [5, 5.41) is 14.2. The Morgan fingerprint density at radius 2 is 2.04 bits per heavy atom. The maximum Gasteiger partial charge on any atom is 0.193 e. The van der Waals surface area contributed by atoms with E-state index >= 15 is 0 Å². The predicted molar refractivity (Wildman–Crippen MR) is 110 cm³/mol. The van der Waals surface area contributed by atoms with Gasteiger partial charge in [-0.15, -0.1) is 0 Å². The van der Waals surface area contributed by atoms with Crippen LogP contribution < -0.4 is 4.65 Å². The lowest BCUT2D eigenvalue weighted by atomic mass is 9.97. The van der Waals surface area contributed by atoms with E-state index < -0.39 is 14.5 Å². The normalized spacial score (nSPS) is 33.6. The van der Waals surface area contributed by atoms with Crippen molar-refractivity contribution >= 4 is 33.2 Å². The van der Waals surface area contributed by atoms with Crippen molar-refractivity contribution in [2.24, 2.45) is 10.9 Å². The van der Waals surface area contributed by atoms with E-state index in [-0.39, 0.29) is 17.0 Å². The molecule has 3 heterocycles. The summed E-state index contributed by atoms with van der Waals surface area (Å²) < 4.78 is 28.8. The molecule has 0 aromatic heterocycles. The molecule has 0 saturated carbocycles. The summed E-state index contributed by atoms with van der Waals surface area (Å²) in [5.74, 6) is 2.19. The van der Waals surface area contributed by atoms with E-state index in [4.69, 9.17) is 9.73 Å². The molecular weight excluding hydrogens is 384 g/mol. The summed E-state index contributed by atoms with van der Waals surface area (Å²) in [6, 6.07) is 6.34. The molecule has 1 aromatic carbocycles. The Hall–Kier alpha value is -1.09. The van der Waals surface area contributed by atoms with E-state index in [1.165, 1.54) is 37.0 Å². The van der Waals surface area contributed by atoms with Crippen molar-refractivity contribution in [1.82, 2.24) is 4.65 Å². The first-order chi connectivity index (χ1) is 12.9. The van der Waals surface area contributed by atoms with Crippen LogP contribution >= 0.6 is 11.8 Å². The molecule has 148 valence electrons. The molecule has 0 aliphatic carbocycles. The van der Waals surface area contributed by atoms with E-state index in [1.54, 1.807) is 12.1 Å². The molecule has 0 amide bonds. The zero-order chi connectivity index (χ0) is 19.1. The Balaban J connectivity index is 1.53. The number of nitrogens with zero attached hydrogens (tertiary/aromatic N) is 2. The average molecular weight is 411 g/mol. The van der Waals surface area contributed by atoms with Crippen LogP contribution in [-0.4, -0.2) is 50.9 Å². The van der Waals surface area contributed by atoms with Crippen molar-refractivity contribution in [3.05, 3.63) is 29.5 Å². The lowest BCUT2D eigenvalue weighted by Crippen LogP contribution is -2.49. The molecule has 6 nitrogen and oxygen atoms in total. The minimum atomic E-state index is -3.27. The number of sulfone groups is 1. The molecule has 27 heavy (non-hydrogen) atoms. The number of hydroxylamine groups is 2. The van der Waals surface area contributed by atoms with Gasteiger partial charge in [0.2, 0.25) is 0 Å². The van der Waals surface area contributed by atoms with Gasteiger partial charge < -0.3 is 14.6 Å². The number of hydrogen-bond donors (Lipinski definition) is 0. The van der Waals surface area contributed by atoms with E-state index in [1.807, 2.05) is 11.8 Å². The SMILES string of the molecule is CS(=O)(=O)c1ccc([N+]2([O-])CCC3CCC(OCC4CCCS4)=NC32)cc1. The lowest BCUT2D eigenvalue weighted by molar-refractivity contribution is 0.242. The number of benzene rings is 1. The fourth-order valence-corrected chi connectivity index (χ4v) is 6.09. The van der Waals surface area contributed by atoms with Crippen molar-refractivity contribution in [2.45, 2.75) is 48.4 Å². The van der Waals surface area contributed by atoms with Crippen molar-refractivity contribution < 1.29 is 13.2 Å². The highest BCUT2D eigenvalue weighted by Gasteiger charge is 2.46. The van der Waals surface area contributed by atoms with Gasteiger partial charge in [0.15, 0.2) is 21.9 Å². The molecule has 2 fully saturated rings. The van der Waals surface area contributed by atoms with Crippen LogP contribution in [0.4, 0.5) is 5.69 Å². The Morgan fingerprint density at radius 3 is 2.70 bits per heavy atom. The second-order valence-corrected chi connectivity index (χ2v) is 11.2. The fourth-order valence-electron chi connectivity index (χ4n) is 4.29. The van der Waals surface area contributed by atoms with E-state index in [0.717, 1.165) is 25.2 Å². The molecule has 4 rings (SSSR count). The fraction of sp³-hybridized carbons (Fsp3) is 0.632. The molecule has 0 N–H and O–H groups in total. The minimum Gasteiger partial charge on any atom is -0.626 e. The van der Waals surface area contributed by atoms with Gasteiger partial charge in [0.05, 0.1) is 11.4 Å². The van der Waals surface area contributed by atoms with Gasteiger partial charge in [-0.3, -0.25) is 0 Å². The molecule has 8 heteroatoms. The third-order valence-corrected chi connectivity index (χ3v) is 8.34. The lowest BCUT2D eigenvalue weighted by Gasteiger charge is -2.43. The Labute approximate surface area is 165 Å². The van der Waals surface area contributed by atoms with Crippen LogP contribution in [0.3, 0.4) is 0 Å². The van der Waals surface area contributed by atoms with E-state index in [9.17, 15) is 13.6 Å². The molecule has 2 saturated heterocycles. The molecule has 4 unspecified atom stereocenters. The van der Waals surface area contributed by atoms with Crippen molar-refractivity contribution in [3.8, 4) is 0 Å². The highest BCUT2D eigenvalue weighted by Crippen LogP contribution is 2.42. The van der Waals surface area contributed by atoms with Gasteiger partial charge in [0.1, 0.15) is 12.3 Å². The highest BCUT2D eigenvalue weighted by atomic mass is 32.2. The number of ether oxygens (including phenoxy) is 1. The number of fused-ring (bicyclic) bond motifs is 1. The van der Waals surface area contributed by atoms with Gasteiger partial charge in [-0.05, 0) is 37.1 Å². The van der Waals surface area contributed by atoms with Crippen molar-refractivity contribution in [2.75, 3.05) is 25.2 Å². The van der Waals surface area contributed by atoms with Crippen LogP contribution in [-0.2, 0) is 14.6 Å². The molecule has 0 bridgehead atoms. The second kappa shape index (κ2) is 7.39. The largest absolute Gasteiger partial charge is 0.626 e. The van der Waals surface area contributed by atoms with Crippen LogP contribution in [0.15, 0.2) is 34.2 Å². The van der Waals surface area contributed by atoms with Gasteiger partial charge in [0, 0.05) is 42.4 Å². The van der Waals surface area contributed by atoms with Crippen LogP contribution in [0.25, 0.3) is 0 Å². The molecular formula is C19H26N2O4S2. The smallest absolute Gasteiger partial charge is 0.193 e. The molecule has 3 aliphatic rings. The summed E-state index contributed by atoms with van der Waals surface area (Å²) >= 11 is 1.96. The summed E-state index contributed by atoms with van der Waals surface area (Å²) in [6.07, 6.45) is 5.83. The molecule has 4 atom stereocenters. The van der Waals surface area contributed by atoms with E-state index in [0.29, 0.717) is 24.1 Å². The van der Waals surface area contributed by atoms with Gasteiger partial charge in [0.25, 0.3) is 0 Å². The Morgan fingerprint density at radius 1 is 1.26 bits per heavy atom. The van der Waals surface area contributed by atoms with Gasteiger partial charge >= 0.3 is 0 Å². The number of quaternary nitrogens is 1. The maximum absolute atomic E-state index is 13.7. The quantitative estimate of drug-likeness (QED) is 0.562. The van der Waals surface area contributed by atoms with Gasteiger partial charge in [-0.2, -0.15) is 16.8 Å². The number of aliphatic imine (C=N–C) groups is 1. The van der Waals surface area contributed by atoms with Gasteiger partial charge in [-0.1, -0.05) is 0 Å². The highest BCUT2D eigenvalue weighted by molar-refractivity contribution is 8.00. The molecule has 0 spiro atoms. The Bertz CT molecular complexity index is 819. The van der Waals surface area contributed by atoms with Crippen LogP contribution in [0.2, 0.25) is 0 Å². The molecule has 0 radical (unpaired) electrons. The van der Waals surface area contributed by atoms with Crippen LogP contribution in [0.1, 0.15) is 32.1 Å². The average Bonchev–Trinajstić information content (AvgIpc) is 3.28. The summed E-state index contributed by atoms with van der Waals surface area (Å²) in [7, 11) is -3.27. The summed E-state index contributed by atoms with van der Waals surface area (Å²) in [5.41, 5.74) is 0.575. The molecule has 1 aromatic rings. The topological polar surface area (TPSA) is 78.8 Å². The number of rotatable bonds is 4. The predicted octanol–water partition coefficient (Wildman–Crippen LogP) is 3.35. The van der Waals surface area contributed by atoms with Crippen LogP contribution in [0, 0.1) is 11.1 Å². The van der Waals surface area contributed by atoms with Crippen molar-refractivity contribution in [3.63, 3.8) is 0 Å².